The maximum atomic E-state index is 13.0. The van der Waals surface area contributed by atoms with E-state index in [0.717, 1.165) is 22.1 Å². The van der Waals surface area contributed by atoms with Gasteiger partial charge in [-0.3, -0.25) is 9.78 Å². The Morgan fingerprint density at radius 2 is 1.60 bits per heavy atom. The molecule has 35 heavy (non-hydrogen) atoms. The summed E-state index contributed by atoms with van der Waals surface area (Å²) in [5.74, 6) is 0.739. The van der Waals surface area contributed by atoms with Crippen LogP contribution in [0.2, 0.25) is 0 Å². The van der Waals surface area contributed by atoms with Gasteiger partial charge in [-0.15, -0.1) is 0 Å². The van der Waals surface area contributed by atoms with Crippen LogP contribution in [0.3, 0.4) is 0 Å². The summed E-state index contributed by atoms with van der Waals surface area (Å²) in [6.45, 7) is 0.350. The maximum absolute atomic E-state index is 13.0. The van der Waals surface area contributed by atoms with E-state index in [-0.39, 0.29) is 17.5 Å². The molecule has 172 valence electrons. The van der Waals surface area contributed by atoms with Crippen LogP contribution in [0.25, 0.3) is 22.0 Å². The molecular weight excluding hydrogens is 443 g/mol. The number of pyridine rings is 1. The lowest BCUT2D eigenvalue weighted by Gasteiger charge is -2.10. The Kier molecular flexibility index (Phi) is 6.09. The topological polar surface area (TPSA) is 71.5 Å². The minimum absolute atomic E-state index is 0.0970. The van der Waals surface area contributed by atoms with Crippen molar-refractivity contribution in [2.45, 2.75) is 6.54 Å². The Morgan fingerprint density at radius 1 is 0.857 bits per heavy atom. The number of amides is 1. The van der Waals surface area contributed by atoms with Gasteiger partial charge in [-0.05, 0) is 83.4 Å². The number of aromatic hydroxyl groups is 1. The number of rotatable bonds is 6. The molecule has 0 unspecified atom stereocenters. The largest absolute Gasteiger partial charge is 0.506 e. The van der Waals surface area contributed by atoms with Gasteiger partial charge in [0.1, 0.15) is 28.6 Å². The first kappa shape index (κ1) is 22.1. The van der Waals surface area contributed by atoms with Crippen LogP contribution in [0.1, 0.15) is 15.9 Å². The number of carbonyl (C=O) groups is 1. The molecule has 0 fully saturated rings. The fourth-order valence-corrected chi connectivity index (χ4v) is 3.78. The van der Waals surface area contributed by atoms with Crippen molar-refractivity contribution in [1.82, 2.24) is 10.3 Å². The first-order valence-electron chi connectivity index (χ1n) is 11.0. The van der Waals surface area contributed by atoms with Crippen molar-refractivity contribution in [3.8, 4) is 28.4 Å². The summed E-state index contributed by atoms with van der Waals surface area (Å²) in [5.41, 5.74) is 3.59. The summed E-state index contributed by atoms with van der Waals surface area (Å²) < 4.78 is 18.7. The van der Waals surface area contributed by atoms with Crippen LogP contribution in [0.5, 0.6) is 17.2 Å². The van der Waals surface area contributed by atoms with Gasteiger partial charge in [0, 0.05) is 23.7 Å². The average Bonchev–Trinajstić information content (AvgIpc) is 2.89. The van der Waals surface area contributed by atoms with Crippen LogP contribution in [-0.2, 0) is 6.54 Å². The number of nitrogens with one attached hydrogen (secondary N) is 1. The molecule has 5 aromatic rings. The number of benzene rings is 4. The molecule has 4 aromatic carbocycles. The maximum Gasteiger partial charge on any atom is 0.251 e. The highest BCUT2D eigenvalue weighted by atomic mass is 19.1. The predicted molar refractivity (Wildman–Crippen MR) is 133 cm³/mol. The molecular formula is C29H21FN2O3. The van der Waals surface area contributed by atoms with Gasteiger partial charge >= 0.3 is 0 Å². The second-order valence-electron chi connectivity index (χ2n) is 8.03. The number of hydrogen-bond acceptors (Lipinski definition) is 4. The zero-order valence-corrected chi connectivity index (χ0v) is 18.6. The van der Waals surface area contributed by atoms with Gasteiger partial charge in [0.25, 0.3) is 5.91 Å². The van der Waals surface area contributed by atoms with Gasteiger partial charge < -0.3 is 15.2 Å². The summed E-state index contributed by atoms with van der Waals surface area (Å²) in [5, 5.41) is 14.1. The van der Waals surface area contributed by atoms with Gasteiger partial charge in [0.05, 0.1) is 0 Å². The van der Waals surface area contributed by atoms with Crippen LogP contribution in [0.15, 0.2) is 103 Å². The van der Waals surface area contributed by atoms with Crippen molar-refractivity contribution in [3.05, 3.63) is 120 Å². The quantitative estimate of drug-likeness (QED) is 0.302. The molecule has 1 aromatic heterocycles. The molecule has 0 spiro atoms. The number of carbonyl (C=O) groups excluding carboxylic acids is 1. The zero-order valence-electron chi connectivity index (χ0n) is 18.6. The van der Waals surface area contributed by atoms with Crippen molar-refractivity contribution in [2.75, 3.05) is 0 Å². The van der Waals surface area contributed by atoms with E-state index >= 15 is 0 Å². The zero-order chi connectivity index (χ0) is 24.2. The molecule has 5 nitrogen and oxygen atoms in total. The number of aromatic nitrogens is 1. The minimum Gasteiger partial charge on any atom is -0.506 e. The monoisotopic (exact) mass is 464 g/mol. The van der Waals surface area contributed by atoms with E-state index < -0.39 is 0 Å². The first-order chi connectivity index (χ1) is 17.0. The van der Waals surface area contributed by atoms with Crippen molar-refractivity contribution in [2.24, 2.45) is 0 Å². The molecule has 0 saturated heterocycles. The molecule has 0 saturated carbocycles. The lowest BCUT2D eigenvalue weighted by molar-refractivity contribution is 0.0951. The number of halogens is 1. The Labute approximate surface area is 201 Å². The van der Waals surface area contributed by atoms with Crippen molar-refractivity contribution < 1.29 is 19.0 Å². The van der Waals surface area contributed by atoms with Gasteiger partial charge in [0.2, 0.25) is 0 Å². The smallest absolute Gasteiger partial charge is 0.251 e. The average molecular weight is 464 g/mol. The van der Waals surface area contributed by atoms with Gasteiger partial charge in [0.15, 0.2) is 0 Å². The van der Waals surface area contributed by atoms with Gasteiger partial charge in [-0.2, -0.15) is 0 Å². The number of nitrogens with zero attached hydrogens (tertiary/aromatic N) is 1. The molecule has 0 aliphatic carbocycles. The van der Waals surface area contributed by atoms with E-state index in [4.69, 9.17) is 4.74 Å². The van der Waals surface area contributed by atoms with E-state index in [1.165, 1.54) is 12.1 Å². The Morgan fingerprint density at radius 3 is 2.37 bits per heavy atom. The fourth-order valence-electron chi connectivity index (χ4n) is 3.78. The van der Waals surface area contributed by atoms with Crippen molar-refractivity contribution in [1.29, 1.82) is 0 Å². The fraction of sp³-hybridized carbons (Fsp3) is 0.0345. The minimum atomic E-state index is -0.318. The van der Waals surface area contributed by atoms with E-state index in [1.807, 2.05) is 42.5 Å². The summed E-state index contributed by atoms with van der Waals surface area (Å²) in [7, 11) is 0. The molecule has 0 atom stereocenters. The third-order valence-corrected chi connectivity index (χ3v) is 5.57. The second-order valence-corrected chi connectivity index (χ2v) is 8.03. The highest BCUT2D eigenvalue weighted by molar-refractivity contribution is 5.96. The standard InChI is InChI=1S/C29H21FN2O3/c30-24-8-12-26(13-9-24)35-25-10-6-19(7-11-25)18-32-29(34)22-4-1-3-20(15-22)23-16-21-5-2-14-31-28(21)27(33)17-23/h1-17,33H,18H2,(H,32,34). The SMILES string of the molecule is O=C(NCc1ccc(Oc2ccc(F)cc2)cc1)c1cccc(-c2cc(O)c3ncccc3c2)c1. The Hall–Kier alpha value is -4.71. The predicted octanol–water partition coefficient (Wildman–Crippen LogP) is 6.47. The Bertz CT molecular complexity index is 1500. The van der Waals surface area contributed by atoms with E-state index in [9.17, 15) is 14.3 Å². The molecule has 1 heterocycles. The molecule has 0 aliphatic rings. The van der Waals surface area contributed by atoms with Crippen LogP contribution in [-0.4, -0.2) is 16.0 Å². The number of hydrogen-bond donors (Lipinski definition) is 2. The summed E-state index contributed by atoms with van der Waals surface area (Å²) in [6, 6.07) is 27.7. The number of phenols is 1. The molecule has 5 rings (SSSR count). The van der Waals surface area contributed by atoms with Gasteiger partial charge in [-0.1, -0.05) is 30.3 Å². The van der Waals surface area contributed by atoms with E-state index in [0.29, 0.717) is 29.1 Å². The molecule has 1 amide bonds. The molecule has 0 bridgehead atoms. The Balaban J connectivity index is 1.25. The summed E-state index contributed by atoms with van der Waals surface area (Å²) in [4.78, 5) is 17.0. The molecule has 2 N–H and O–H groups in total. The van der Waals surface area contributed by atoms with Crippen LogP contribution in [0.4, 0.5) is 4.39 Å². The van der Waals surface area contributed by atoms with Crippen molar-refractivity contribution in [3.63, 3.8) is 0 Å². The normalized spacial score (nSPS) is 10.8. The van der Waals surface area contributed by atoms with E-state index in [2.05, 4.69) is 10.3 Å². The van der Waals surface area contributed by atoms with Crippen LogP contribution >= 0.6 is 0 Å². The van der Waals surface area contributed by atoms with Gasteiger partial charge in [-0.25, -0.2) is 4.39 Å². The molecule has 0 radical (unpaired) electrons. The highest BCUT2D eigenvalue weighted by Gasteiger charge is 2.10. The molecule has 0 aliphatic heterocycles. The number of fused-ring (bicyclic) bond motifs is 1. The lowest BCUT2D eigenvalue weighted by atomic mass is 10.0. The third-order valence-electron chi connectivity index (χ3n) is 5.57. The summed E-state index contributed by atoms with van der Waals surface area (Å²) in [6.07, 6.45) is 1.64. The molecule has 6 heteroatoms. The van der Waals surface area contributed by atoms with Crippen LogP contribution in [0, 0.1) is 5.82 Å². The first-order valence-corrected chi connectivity index (χ1v) is 11.0. The summed E-state index contributed by atoms with van der Waals surface area (Å²) >= 11 is 0. The van der Waals surface area contributed by atoms with Crippen molar-refractivity contribution >= 4 is 16.8 Å². The second kappa shape index (κ2) is 9.65. The van der Waals surface area contributed by atoms with E-state index in [1.54, 1.807) is 48.7 Å². The van der Waals surface area contributed by atoms with Crippen LogP contribution < -0.4 is 10.1 Å². The lowest BCUT2D eigenvalue weighted by Crippen LogP contribution is -2.22. The number of ether oxygens (including phenoxy) is 1. The number of phenolic OH excluding ortho intramolecular Hbond substituents is 1. The third kappa shape index (κ3) is 5.12. The highest BCUT2D eigenvalue weighted by Crippen LogP contribution is 2.31.